The first kappa shape index (κ1) is 32.3. The van der Waals surface area contributed by atoms with Crippen molar-refractivity contribution in [2.75, 3.05) is 26.4 Å². The summed E-state index contributed by atoms with van der Waals surface area (Å²) >= 11 is 1.21. The summed E-state index contributed by atoms with van der Waals surface area (Å²) in [5.74, 6) is -3.37. The van der Waals surface area contributed by atoms with Gasteiger partial charge in [-0.1, -0.05) is 23.5 Å². The van der Waals surface area contributed by atoms with E-state index in [0.29, 0.717) is 41.4 Å². The van der Waals surface area contributed by atoms with E-state index in [1.54, 1.807) is 6.07 Å². The van der Waals surface area contributed by atoms with Crippen molar-refractivity contribution in [2.45, 2.75) is 61.0 Å². The van der Waals surface area contributed by atoms with Crippen LogP contribution in [0.15, 0.2) is 53.6 Å². The lowest BCUT2D eigenvalue weighted by molar-refractivity contribution is 0.505. The van der Waals surface area contributed by atoms with Crippen molar-refractivity contribution in [3.63, 3.8) is 0 Å². The van der Waals surface area contributed by atoms with Crippen LogP contribution in [-0.2, 0) is 19.9 Å². The van der Waals surface area contributed by atoms with Crippen molar-refractivity contribution < 1.29 is 30.0 Å². The fourth-order valence-electron chi connectivity index (χ4n) is 6.70. The van der Waals surface area contributed by atoms with Gasteiger partial charge >= 0.3 is 0 Å². The number of benzene rings is 2. The molecule has 2 aromatic heterocycles. The highest BCUT2D eigenvalue weighted by molar-refractivity contribution is 7.92. The number of halogens is 3. The Morgan fingerprint density at radius 3 is 2.35 bits per heavy atom. The maximum atomic E-state index is 16.3. The van der Waals surface area contributed by atoms with Gasteiger partial charge in [-0.05, 0) is 68.9 Å². The molecule has 0 aliphatic carbocycles. The lowest BCUT2D eigenvalue weighted by Gasteiger charge is -2.27. The van der Waals surface area contributed by atoms with Crippen LogP contribution in [0.25, 0.3) is 21.8 Å². The summed E-state index contributed by atoms with van der Waals surface area (Å²) in [6.07, 6.45) is 5.22. The predicted molar refractivity (Wildman–Crippen MR) is 174 cm³/mol. The first-order chi connectivity index (χ1) is 22.9. The molecule has 0 amide bonds. The Bertz CT molecular complexity index is 2150. The number of sulfonamides is 1. The molecular weight excluding hydrogens is 688 g/mol. The lowest BCUT2D eigenvalue weighted by Crippen LogP contribution is -2.39. The second-order valence-electron chi connectivity index (χ2n) is 12.1. The Morgan fingerprint density at radius 2 is 1.67 bits per heavy atom. The topological polar surface area (TPSA) is 158 Å². The van der Waals surface area contributed by atoms with Gasteiger partial charge in [0, 0.05) is 23.8 Å². The van der Waals surface area contributed by atoms with Crippen LogP contribution in [0.4, 0.5) is 29.9 Å². The summed E-state index contributed by atoms with van der Waals surface area (Å²) < 4.78 is 97.0. The van der Waals surface area contributed by atoms with Crippen LogP contribution in [0, 0.1) is 28.8 Å². The van der Waals surface area contributed by atoms with Gasteiger partial charge in [0.1, 0.15) is 27.0 Å². The molecule has 0 saturated carbocycles. The van der Waals surface area contributed by atoms with E-state index in [2.05, 4.69) is 21.4 Å². The van der Waals surface area contributed by atoms with Crippen LogP contribution in [0.3, 0.4) is 0 Å². The van der Waals surface area contributed by atoms with Gasteiger partial charge in [0.2, 0.25) is 5.95 Å². The van der Waals surface area contributed by atoms with Gasteiger partial charge in [0.25, 0.3) is 10.0 Å². The molecule has 0 atom stereocenters. The molecule has 2 bridgehead atoms. The third-order valence-corrected chi connectivity index (χ3v) is 13.3. The molecular formula is C31H28F3N7O4S3. The molecule has 3 saturated heterocycles. The van der Waals surface area contributed by atoms with E-state index in [1.165, 1.54) is 29.7 Å². The lowest BCUT2D eigenvalue weighted by atomic mass is 9.89. The van der Waals surface area contributed by atoms with Crippen LogP contribution in [-0.4, -0.2) is 60.9 Å². The molecule has 0 unspecified atom stereocenters. The number of thiazole rings is 1. The number of anilines is 3. The number of aromatic nitrogens is 3. The molecule has 48 heavy (non-hydrogen) atoms. The molecule has 3 fully saturated rings. The van der Waals surface area contributed by atoms with E-state index in [-0.39, 0.29) is 40.8 Å². The van der Waals surface area contributed by atoms with Crippen LogP contribution in [0.5, 0.6) is 0 Å². The number of fused-ring (bicyclic) bond motifs is 2. The molecule has 7 rings (SSSR count). The molecule has 3 aliphatic rings. The summed E-state index contributed by atoms with van der Waals surface area (Å²) in [7, 11) is -7.96. The van der Waals surface area contributed by atoms with Gasteiger partial charge in [-0.3, -0.25) is 4.72 Å². The Balaban J connectivity index is 1.30. The van der Waals surface area contributed by atoms with E-state index in [0.717, 1.165) is 37.1 Å². The predicted octanol–water partition coefficient (Wildman–Crippen LogP) is 5.50. The van der Waals surface area contributed by atoms with Crippen LogP contribution < -0.4 is 14.9 Å². The van der Waals surface area contributed by atoms with Gasteiger partial charge < -0.3 is 10.2 Å². The SMILES string of the molecule is N#CC12CCC(CC1)N2c1nc(-c2cccc(NS(=O)(=O)c3c(F)cccc3F)c2F)c(-c2ccnc(NC3CCS(=O)(=O)CC3)n2)s1. The maximum Gasteiger partial charge on any atom is 0.267 e. The van der Waals surface area contributed by atoms with Crippen molar-refractivity contribution in [2.24, 2.45) is 0 Å². The molecule has 250 valence electrons. The van der Waals surface area contributed by atoms with Crippen molar-refractivity contribution in [1.82, 2.24) is 15.0 Å². The van der Waals surface area contributed by atoms with E-state index >= 15 is 4.39 Å². The first-order valence-corrected chi connectivity index (χ1v) is 19.3. The number of sulfone groups is 1. The minimum atomic E-state index is -4.88. The fraction of sp³-hybridized carbons (Fsp3) is 0.355. The summed E-state index contributed by atoms with van der Waals surface area (Å²) in [4.78, 5) is 14.9. The third-order valence-electron chi connectivity index (χ3n) is 9.10. The summed E-state index contributed by atoms with van der Waals surface area (Å²) in [5.41, 5.74) is -0.923. The zero-order chi connectivity index (χ0) is 33.8. The van der Waals surface area contributed by atoms with Crippen molar-refractivity contribution >= 4 is 48.0 Å². The molecule has 0 radical (unpaired) electrons. The Labute approximate surface area is 278 Å². The summed E-state index contributed by atoms with van der Waals surface area (Å²) in [6, 6.07) is 10.5. The van der Waals surface area contributed by atoms with E-state index in [1.807, 2.05) is 9.62 Å². The maximum absolute atomic E-state index is 16.3. The number of nitrogens with one attached hydrogen (secondary N) is 2. The van der Waals surface area contributed by atoms with Crippen LogP contribution in [0.1, 0.15) is 38.5 Å². The van der Waals surface area contributed by atoms with Crippen molar-refractivity contribution in [3.05, 3.63) is 66.1 Å². The molecule has 17 heteroatoms. The van der Waals surface area contributed by atoms with Gasteiger partial charge in [-0.15, -0.1) is 0 Å². The highest BCUT2D eigenvalue weighted by Crippen LogP contribution is 2.52. The Hall–Kier alpha value is -4.27. The highest BCUT2D eigenvalue weighted by atomic mass is 32.2. The van der Waals surface area contributed by atoms with Gasteiger partial charge in [0.05, 0.1) is 39.5 Å². The second-order valence-corrected chi connectivity index (χ2v) is 17.0. The number of nitrogens with zero attached hydrogens (tertiary/aromatic N) is 5. The standard InChI is InChI=1S/C31H28F3N7O4S3/c32-21-4-2-5-22(33)28(21)48(44,45)40-23-6-1-3-20(25(23)34)26-27(46-30(39-26)41-19-7-12-31(41,17-35)13-8-19)24-9-14-36-29(38-24)37-18-10-15-47(42,43)16-11-18/h1-6,9,14,18-19,40H,7-8,10-13,15-16H2,(H,36,37,38). The van der Waals surface area contributed by atoms with Crippen molar-refractivity contribution in [3.8, 4) is 27.9 Å². The average Bonchev–Trinajstić information content (AvgIpc) is 3.75. The minimum Gasteiger partial charge on any atom is -0.351 e. The van der Waals surface area contributed by atoms with Gasteiger partial charge in [0.15, 0.2) is 15.8 Å². The number of rotatable bonds is 8. The second kappa shape index (κ2) is 12.0. The van der Waals surface area contributed by atoms with Gasteiger partial charge in [-0.2, -0.15) is 5.26 Å². The van der Waals surface area contributed by atoms with E-state index in [9.17, 15) is 30.9 Å². The molecule has 3 aliphatic heterocycles. The largest absolute Gasteiger partial charge is 0.351 e. The number of nitriles is 1. The zero-order valence-electron chi connectivity index (χ0n) is 25.2. The van der Waals surface area contributed by atoms with E-state index < -0.39 is 53.4 Å². The number of hydrogen-bond donors (Lipinski definition) is 2. The quantitative estimate of drug-likeness (QED) is 0.239. The first-order valence-electron chi connectivity index (χ1n) is 15.2. The fourth-order valence-corrected chi connectivity index (χ4v) is 10.6. The van der Waals surface area contributed by atoms with E-state index in [4.69, 9.17) is 4.98 Å². The monoisotopic (exact) mass is 715 g/mol. The molecule has 4 aromatic rings. The summed E-state index contributed by atoms with van der Waals surface area (Å²) in [6.45, 7) is 0. The number of hydrogen-bond acceptors (Lipinski definition) is 11. The van der Waals surface area contributed by atoms with Crippen LogP contribution in [0.2, 0.25) is 0 Å². The van der Waals surface area contributed by atoms with Crippen LogP contribution >= 0.6 is 11.3 Å². The zero-order valence-corrected chi connectivity index (χ0v) is 27.6. The van der Waals surface area contributed by atoms with Crippen molar-refractivity contribution in [1.29, 1.82) is 5.26 Å². The minimum absolute atomic E-state index is 0.0489. The molecule has 2 N–H and O–H groups in total. The Morgan fingerprint density at radius 1 is 0.979 bits per heavy atom. The summed E-state index contributed by atoms with van der Waals surface area (Å²) in [5, 5.41) is 13.8. The molecule has 2 aromatic carbocycles. The highest BCUT2D eigenvalue weighted by Gasteiger charge is 2.53. The Kier molecular flexibility index (Phi) is 8.07. The molecule has 11 nitrogen and oxygen atoms in total. The molecule has 5 heterocycles. The smallest absolute Gasteiger partial charge is 0.267 e. The average molecular weight is 716 g/mol. The third kappa shape index (κ3) is 5.75. The van der Waals surface area contributed by atoms with Gasteiger partial charge in [-0.25, -0.2) is 45.0 Å². The molecule has 0 spiro atoms. The normalized spacial score (nSPS) is 22.0.